The van der Waals surface area contributed by atoms with Gasteiger partial charge in [0.1, 0.15) is 5.75 Å². The largest absolute Gasteiger partial charge is 0.497 e. The standard InChI is InChI=1S/C24H27BrN2O2S.C2H6/c1-14(9-18-10-20(25)12-22-24(18)30-16(3)26-22)19-11-23(28)27(13-19)15(2)17-5-7-21(29-4)8-6-17;1-2/h5-8,10,12,14-15,19H,9,11,13H2,1-4H3;1-2H3/t14-,15?,19?;/m0./s1. The molecule has 6 heteroatoms. The van der Waals surface area contributed by atoms with Gasteiger partial charge in [0.2, 0.25) is 5.91 Å². The summed E-state index contributed by atoms with van der Waals surface area (Å²) in [5, 5.41) is 1.09. The van der Waals surface area contributed by atoms with E-state index in [-0.39, 0.29) is 11.9 Å². The molecule has 1 amide bonds. The summed E-state index contributed by atoms with van der Waals surface area (Å²) in [4.78, 5) is 19.5. The summed E-state index contributed by atoms with van der Waals surface area (Å²) in [7, 11) is 1.67. The van der Waals surface area contributed by atoms with Crippen LogP contribution in [0.3, 0.4) is 0 Å². The molecule has 0 saturated carbocycles. The zero-order chi connectivity index (χ0) is 23.4. The first kappa shape index (κ1) is 24.7. The van der Waals surface area contributed by atoms with Crippen LogP contribution < -0.4 is 4.74 Å². The van der Waals surface area contributed by atoms with Crippen molar-refractivity contribution in [1.82, 2.24) is 9.88 Å². The minimum Gasteiger partial charge on any atom is -0.497 e. The van der Waals surface area contributed by atoms with Gasteiger partial charge in [0.05, 0.1) is 28.4 Å². The lowest BCUT2D eigenvalue weighted by atomic mass is 9.87. The van der Waals surface area contributed by atoms with Crippen molar-refractivity contribution in [3.63, 3.8) is 0 Å². The fraction of sp³-hybridized carbons (Fsp3) is 0.462. The number of thiazole rings is 1. The molecule has 1 aliphatic rings. The number of rotatable bonds is 6. The number of hydrogen-bond acceptors (Lipinski definition) is 4. The molecule has 0 aliphatic carbocycles. The molecule has 32 heavy (non-hydrogen) atoms. The molecule has 0 N–H and O–H groups in total. The molecule has 2 unspecified atom stereocenters. The van der Waals surface area contributed by atoms with Crippen LogP contribution in [0.5, 0.6) is 5.75 Å². The van der Waals surface area contributed by atoms with Gasteiger partial charge in [0.15, 0.2) is 0 Å². The third kappa shape index (κ3) is 5.34. The molecule has 4 rings (SSSR count). The van der Waals surface area contributed by atoms with E-state index in [0.29, 0.717) is 18.3 Å². The molecule has 1 aromatic heterocycles. The molecular weight excluding hydrogens is 484 g/mol. The third-order valence-corrected chi connectivity index (χ3v) is 7.76. The highest BCUT2D eigenvalue weighted by Crippen LogP contribution is 2.36. The molecule has 0 bridgehead atoms. The van der Waals surface area contributed by atoms with Crippen LogP contribution in [0, 0.1) is 18.8 Å². The van der Waals surface area contributed by atoms with Gasteiger partial charge in [-0.05, 0) is 67.5 Å². The van der Waals surface area contributed by atoms with E-state index < -0.39 is 0 Å². The van der Waals surface area contributed by atoms with Gasteiger partial charge >= 0.3 is 0 Å². The van der Waals surface area contributed by atoms with Crippen molar-refractivity contribution in [1.29, 1.82) is 0 Å². The van der Waals surface area contributed by atoms with Crippen LogP contribution in [-0.2, 0) is 11.2 Å². The number of halogens is 1. The fourth-order valence-corrected chi connectivity index (χ4v) is 5.83. The monoisotopic (exact) mass is 516 g/mol. The number of hydrogen-bond donors (Lipinski definition) is 0. The Labute approximate surface area is 204 Å². The maximum atomic E-state index is 12.8. The summed E-state index contributed by atoms with van der Waals surface area (Å²) in [6.07, 6.45) is 1.58. The maximum Gasteiger partial charge on any atom is 0.223 e. The van der Waals surface area contributed by atoms with Crippen LogP contribution >= 0.6 is 27.3 Å². The average molecular weight is 518 g/mol. The number of ether oxygens (including phenoxy) is 1. The molecule has 3 atom stereocenters. The summed E-state index contributed by atoms with van der Waals surface area (Å²) in [6, 6.07) is 12.4. The highest BCUT2D eigenvalue weighted by molar-refractivity contribution is 9.10. The highest BCUT2D eigenvalue weighted by Gasteiger charge is 2.36. The maximum absolute atomic E-state index is 12.8. The Morgan fingerprint density at radius 3 is 2.56 bits per heavy atom. The van der Waals surface area contributed by atoms with E-state index >= 15 is 0 Å². The zero-order valence-electron chi connectivity index (χ0n) is 19.8. The number of aryl methyl sites for hydroxylation is 1. The Kier molecular flexibility index (Phi) is 8.34. The quantitative estimate of drug-likeness (QED) is 0.348. The molecule has 1 fully saturated rings. The van der Waals surface area contributed by atoms with Crippen LogP contribution in [0.2, 0.25) is 0 Å². The molecule has 4 nitrogen and oxygen atoms in total. The number of benzene rings is 2. The van der Waals surface area contributed by atoms with Crippen molar-refractivity contribution in [2.75, 3.05) is 13.7 Å². The van der Waals surface area contributed by atoms with Crippen LogP contribution in [0.15, 0.2) is 40.9 Å². The van der Waals surface area contributed by atoms with E-state index in [2.05, 4.69) is 66.0 Å². The summed E-state index contributed by atoms with van der Waals surface area (Å²) >= 11 is 5.39. The summed E-state index contributed by atoms with van der Waals surface area (Å²) in [6.45, 7) is 11.3. The van der Waals surface area contributed by atoms with Gasteiger partial charge in [-0.1, -0.05) is 48.8 Å². The molecule has 1 saturated heterocycles. The molecular formula is C26H33BrN2O2S. The molecule has 172 valence electrons. The van der Waals surface area contributed by atoms with Crippen LogP contribution in [0.25, 0.3) is 10.2 Å². The number of likely N-dealkylation sites (tertiary alicyclic amines) is 1. The fourth-order valence-electron chi connectivity index (χ4n) is 4.42. The summed E-state index contributed by atoms with van der Waals surface area (Å²) < 4.78 is 7.60. The SMILES string of the molecule is CC.COc1ccc(C(C)N2CC([C@@H](C)Cc3cc(Br)cc4nc(C)sc34)CC2=O)cc1. The zero-order valence-corrected chi connectivity index (χ0v) is 22.2. The van der Waals surface area contributed by atoms with E-state index in [4.69, 9.17) is 4.74 Å². The summed E-state index contributed by atoms with van der Waals surface area (Å²) in [5.41, 5.74) is 3.53. The van der Waals surface area contributed by atoms with Crippen LogP contribution in [0.1, 0.15) is 56.3 Å². The van der Waals surface area contributed by atoms with Gasteiger partial charge in [-0.3, -0.25) is 4.79 Å². The predicted molar refractivity (Wildman–Crippen MR) is 138 cm³/mol. The third-order valence-electron chi connectivity index (χ3n) is 6.24. The lowest BCUT2D eigenvalue weighted by molar-refractivity contribution is -0.129. The van der Waals surface area contributed by atoms with Crippen molar-refractivity contribution in [2.24, 2.45) is 11.8 Å². The van der Waals surface area contributed by atoms with Gasteiger partial charge < -0.3 is 9.64 Å². The Morgan fingerprint density at radius 1 is 1.22 bits per heavy atom. The van der Waals surface area contributed by atoms with Crippen molar-refractivity contribution in [2.45, 2.75) is 53.5 Å². The second-order valence-electron chi connectivity index (χ2n) is 8.29. The Bertz CT molecular complexity index is 1060. The van der Waals surface area contributed by atoms with Crippen molar-refractivity contribution in [3.8, 4) is 5.75 Å². The molecule has 2 aromatic carbocycles. The Hall–Kier alpha value is -1.92. The average Bonchev–Trinajstić information content (AvgIpc) is 3.36. The van der Waals surface area contributed by atoms with Crippen molar-refractivity contribution < 1.29 is 9.53 Å². The molecule has 0 spiro atoms. The second kappa shape index (κ2) is 10.8. The lowest BCUT2D eigenvalue weighted by Gasteiger charge is -2.26. The van der Waals surface area contributed by atoms with Crippen LogP contribution in [-0.4, -0.2) is 29.4 Å². The molecule has 2 heterocycles. The number of carbonyl (C=O) groups is 1. The van der Waals surface area contributed by atoms with Gasteiger partial charge in [0.25, 0.3) is 0 Å². The smallest absolute Gasteiger partial charge is 0.223 e. The van der Waals surface area contributed by atoms with Gasteiger partial charge in [-0.25, -0.2) is 4.98 Å². The number of fused-ring (bicyclic) bond motifs is 1. The number of carbonyl (C=O) groups excluding carboxylic acids is 1. The minimum atomic E-state index is 0.0716. The summed E-state index contributed by atoms with van der Waals surface area (Å²) in [5.74, 6) is 1.87. The topological polar surface area (TPSA) is 42.4 Å². The van der Waals surface area contributed by atoms with E-state index in [1.54, 1.807) is 18.4 Å². The van der Waals surface area contributed by atoms with Crippen LogP contribution in [0.4, 0.5) is 0 Å². The van der Waals surface area contributed by atoms with Crippen molar-refractivity contribution >= 4 is 43.4 Å². The molecule has 0 radical (unpaired) electrons. The Morgan fingerprint density at radius 2 is 1.91 bits per heavy atom. The van der Waals surface area contributed by atoms with Gasteiger partial charge in [-0.15, -0.1) is 11.3 Å². The highest BCUT2D eigenvalue weighted by atomic mass is 79.9. The first-order chi connectivity index (χ1) is 15.4. The number of aromatic nitrogens is 1. The molecule has 3 aromatic rings. The molecule has 1 aliphatic heterocycles. The predicted octanol–water partition coefficient (Wildman–Crippen LogP) is 7.19. The van der Waals surface area contributed by atoms with E-state index in [1.807, 2.05) is 30.9 Å². The van der Waals surface area contributed by atoms with E-state index in [1.165, 1.54) is 10.3 Å². The van der Waals surface area contributed by atoms with E-state index in [0.717, 1.165) is 39.3 Å². The number of nitrogens with zero attached hydrogens (tertiary/aromatic N) is 2. The normalized spacial score (nSPS) is 17.8. The van der Waals surface area contributed by atoms with Crippen molar-refractivity contribution in [3.05, 3.63) is 57.0 Å². The first-order valence-corrected chi connectivity index (χ1v) is 13.0. The second-order valence-corrected chi connectivity index (χ2v) is 10.4. The lowest BCUT2D eigenvalue weighted by Crippen LogP contribution is -2.29. The number of amides is 1. The van der Waals surface area contributed by atoms with E-state index in [9.17, 15) is 4.79 Å². The van der Waals surface area contributed by atoms with Gasteiger partial charge in [-0.2, -0.15) is 0 Å². The number of methoxy groups -OCH3 is 1. The Balaban J connectivity index is 0.00000141. The first-order valence-electron chi connectivity index (χ1n) is 11.3. The minimum absolute atomic E-state index is 0.0716. The van der Waals surface area contributed by atoms with Gasteiger partial charge in [0, 0.05) is 17.4 Å².